The standard InChI is InChI=1S/C12H13N3O2/c1-8-2-4-9(5-3-8)7-13-12(17)10-6-11(16)15-14-10/h2-5H,6-7H2,1H3,(H,13,17)(H,15,16). The molecule has 0 fully saturated rings. The Hall–Kier alpha value is -2.17. The summed E-state index contributed by atoms with van der Waals surface area (Å²) >= 11 is 0. The number of hydrogen-bond acceptors (Lipinski definition) is 3. The zero-order chi connectivity index (χ0) is 12.3. The fraction of sp³-hybridized carbons (Fsp3) is 0.250. The number of benzene rings is 1. The summed E-state index contributed by atoms with van der Waals surface area (Å²) in [5, 5.41) is 6.37. The molecule has 1 aromatic carbocycles. The molecule has 0 spiro atoms. The fourth-order valence-corrected chi connectivity index (χ4v) is 1.48. The number of carbonyl (C=O) groups excluding carboxylic acids is 2. The van der Waals surface area contributed by atoms with E-state index < -0.39 is 0 Å². The number of rotatable bonds is 3. The van der Waals surface area contributed by atoms with Gasteiger partial charge >= 0.3 is 0 Å². The lowest BCUT2D eigenvalue weighted by Gasteiger charge is -2.04. The maximum atomic E-state index is 11.6. The van der Waals surface area contributed by atoms with Gasteiger partial charge in [0.2, 0.25) is 5.91 Å². The largest absolute Gasteiger partial charge is 0.347 e. The van der Waals surface area contributed by atoms with E-state index in [0.29, 0.717) is 6.54 Å². The minimum atomic E-state index is -0.302. The summed E-state index contributed by atoms with van der Waals surface area (Å²) < 4.78 is 0. The molecular formula is C12H13N3O2. The summed E-state index contributed by atoms with van der Waals surface area (Å²) in [4.78, 5) is 22.5. The Bertz CT molecular complexity index is 477. The smallest absolute Gasteiger partial charge is 0.268 e. The molecule has 1 aromatic rings. The summed E-state index contributed by atoms with van der Waals surface area (Å²) in [5.41, 5.74) is 4.67. The van der Waals surface area contributed by atoms with Crippen LogP contribution in [-0.4, -0.2) is 17.5 Å². The summed E-state index contributed by atoms with van der Waals surface area (Å²) in [6.45, 7) is 2.44. The molecule has 0 atom stereocenters. The van der Waals surface area contributed by atoms with Gasteiger partial charge in [0.25, 0.3) is 5.91 Å². The maximum absolute atomic E-state index is 11.6. The molecule has 0 unspecified atom stereocenters. The van der Waals surface area contributed by atoms with E-state index in [1.54, 1.807) is 0 Å². The van der Waals surface area contributed by atoms with Gasteiger partial charge < -0.3 is 5.32 Å². The van der Waals surface area contributed by atoms with E-state index in [9.17, 15) is 9.59 Å². The van der Waals surface area contributed by atoms with E-state index in [0.717, 1.165) is 5.56 Å². The summed E-state index contributed by atoms with van der Waals surface area (Å²) in [5.74, 6) is -0.547. The Morgan fingerprint density at radius 2 is 2.12 bits per heavy atom. The van der Waals surface area contributed by atoms with Crippen LogP contribution in [0.4, 0.5) is 0 Å². The predicted molar refractivity (Wildman–Crippen MR) is 63.2 cm³/mol. The molecule has 0 saturated carbocycles. The first-order valence-corrected chi connectivity index (χ1v) is 5.34. The molecule has 17 heavy (non-hydrogen) atoms. The minimum Gasteiger partial charge on any atom is -0.347 e. The van der Waals surface area contributed by atoms with Gasteiger partial charge in [0.15, 0.2) is 0 Å². The lowest BCUT2D eigenvalue weighted by molar-refractivity contribution is -0.120. The van der Waals surface area contributed by atoms with E-state index in [-0.39, 0.29) is 23.9 Å². The number of nitrogens with zero attached hydrogens (tertiary/aromatic N) is 1. The third kappa shape index (κ3) is 2.90. The zero-order valence-corrected chi connectivity index (χ0v) is 9.49. The second-order valence-electron chi connectivity index (χ2n) is 3.94. The van der Waals surface area contributed by atoms with Gasteiger partial charge in [-0.2, -0.15) is 5.10 Å². The summed E-state index contributed by atoms with van der Waals surface area (Å²) in [6, 6.07) is 7.88. The number of hydrogen-bond donors (Lipinski definition) is 2. The van der Waals surface area contributed by atoms with Crippen molar-refractivity contribution in [2.24, 2.45) is 5.10 Å². The third-order valence-electron chi connectivity index (χ3n) is 2.48. The van der Waals surface area contributed by atoms with Crippen LogP contribution >= 0.6 is 0 Å². The van der Waals surface area contributed by atoms with Crippen molar-refractivity contribution < 1.29 is 9.59 Å². The summed E-state index contributed by atoms with van der Waals surface area (Å²) in [7, 11) is 0. The molecule has 0 radical (unpaired) electrons. The maximum Gasteiger partial charge on any atom is 0.268 e. The molecule has 1 aliphatic heterocycles. The monoisotopic (exact) mass is 231 g/mol. The number of hydrazone groups is 1. The van der Waals surface area contributed by atoms with Crippen molar-refractivity contribution in [1.82, 2.24) is 10.7 Å². The van der Waals surface area contributed by atoms with Crippen molar-refractivity contribution in [3.63, 3.8) is 0 Å². The van der Waals surface area contributed by atoms with E-state index in [1.807, 2.05) is 31.2 Å². The normalized spacial score (nSPS) is 14.2. The summed E-state index contributed by atoms with van der Waals surface area (Å²) in [6.07, 6.45) is 0.0553. The average molecular weight is 231 g/mol. The highest BCUT2D eigenvalue weighted by Gasteiger charge is 2.20. The van der Waals surface area contributed by atoms with Gasteiger partial charge in [0, 0.05) is 6.54 Å². The average Bonchev–Trinajstić information content (AvgIpc) is 2.75. The fourth-order valence-electron chi connectivity index (χ4n) is 1.48. The van der Waals surface area contributed by atoms with Crippen molar-refractivity contribution >= 4 is 17.5 Å². The van der Waals surface area contributed by atoms with Gasteiger partial charge in [0.1, 0.15) is 5.71 Å². The van der Waals surface area contributed by atoms with E-state index in [2.05, 4.69) is 15.8 Å². The van der Waals surface area contributed by atoms with Crippen molar-refractivity contribution in [2.45, 2.75) is 19.9 Å². The van der Waals surface area contributed by atoms with Crippen LogP contribution < -0.4 is 10.7 Å². The van der Waals surface area contributed by atoms with Crippen LogP contribution in [0.1, 0.15) is 17.5 Å². The van der Waals surface area contributed by atoms with E-state index in [1.165, 1.54) is 5.56 Å². The van der Waals surface area contributed by atoms with Crippen molar-refractivity contribution in [2.75, 3.05) is 0 Å². The third-order valence-corrected chi connectivity index (χ3v) is 2.48. The van der Waals surface area contributed by atoms with Crippen LogP contribution in [0.5, 0.6) is 0 Å². The van der Waals surface area contributed by atoms with Crippen molar-refractivity contribution in [1.29, 1.82) is 0 Å². The number of carbonyl (C=O) groups is 2. The van der Waals surface area contributed by atoms with Crippen LogP contribution in [0, 0.1) is 6.92 Å². The molecule has 2 N–H and O–H groups in total. The molecule has 5 nitrogen and oxygen atoms in total. The van der Waals surface area contributed by atoms with E-state index in [4.69, 9.17) is 0 Å². The second kappa shape index (κ2) is 4.78. The Labute approximate surface area is 98.9 Å². The van der Waals surface area contributed by atoms with Crippen molar-refractivity contribution in [3.05, 3.63) is 35.4 Å². The zero-order valence-electron chi connectivity index (χ0n) is 9.49. The van der Waals surface area contributed by atoms with Crippen LogP contribution in [0.25, 0.3) is 0 Å². The van der Waals surface area contributed by atoms with Gasteiger partial charge in [-0.3, -0.25) is 9.59 Å². The first-order chi connectivity index (χ1) is 8.15. The highest BCUT2D eigenvalue weighted by molar-refractivity contribution is 6.43. The number of aryl methyl sites for hydroxylation is 1. The van der Waals surface area contributed by atoms with Gasteiger partial charge in [-0.1, -0.05) is 29.8 Å². The molecule has 5 heteroatoms. The molecule has 0 bridgehead atoms. The molecule has 88 valence electrons. The molecule has 0 aliphatic carbocycles. The van der Waals surface area contributed by atoms with Gasteiger partial charge in [-0.05, 0) is 12.5 Å². The van der Waals surface area contributed by atoms with Crippen LogP contribution in [0.15, 0.2) is 29.4 Å². The van der Waals surface area contributed by atoms with Gasteiger partial charge in [0.05, 0.1) is 6.42 Å². The lowest BCUT2D eigenvalue weighted by atomic mass is 10.1. The Morgan fingerprint density at radius 3 is 2.71 bits per heavy atom. The molecule has 0 saturated heterocycles. The molecule has 2 rings (SSSR count). The second-order valence-corrected chi connectivity index (χ2v) is 3.94. The number of amides is 2. The SMILES string of the molecule is Cc1ccc(CNC(=O)C2=NNC(=O)C2)cc1. The minimum absolute atomic E-state index is 0.0553. The highest BCUT2D eigenvalue weighted by Crippen LogP contribution is 2.03. The van der Waals surface area contributed by atoms with E-state index >= 15 is 0 Å². The lowest BCUT2D eigenvalue weighted by Crippen LogP contribution is -2.30. The van der Waals surface area contributed by atoms with Gasteiger partial charge in [-0.15, -0.1) is 0 Å². The Morgan fingerprint density at radius 1 is 1.41 bits per heavy atom. The quantitative estimate of drug-likeness (QED) is 0.794. The van der Waals surface area contributed by atoms with Crippen LogP contribution in [-0.2, 0) is 16.1 Å². The first kappa shape index (κ1) is 11.3. The van der Waals surface area contributed by atoms with Crippen LogP contribution in [0.3, 0.4) is 0 Å². The topological polar surface area (TPSA) is 70.6 Å². The Balaban J connectivity index is 1.88. The molecular weight excluding hydrogens is 218 g/mol. The highest BCUT2D eigenvalue weighted by atomic mass is 16.2. The van der Waals surface area contributed by atoms with Crippen LogP contribution in [0.2, 0.25) is 0 Å². The number of nitrogens with one attached hydrogen (secondary N) is 2. The molecule has 0 aromatic heterocycles. The Kier molecular flexibility index (Phi) is 3.18. The predicted octanol–water partition coefficient (Wildman–Crippen LogP) is 0.487. The first-order valence-electron chi connectivity index (χ1n) is 5.34. The molecule has 1 aliphatic rings. The molecule has 2 amide bonds. The molecule has 1 heterocycles. The van der Waals surface area contributed by atoms with Gasteiger partial charge in [-0.25, -0.2) is 5.43 Å². The van der Waals surface area contributed by atoms with Crippen molar-refractivity contribution in [3.8, 4) is 0 Å².